The van der Waals surface area contributed by atoms with Crippen molar-refractivity contribution in [3.8, 4) is 5.69 Å². The second kappa shape index (κ2) is 5.24. The first-order valence-electron chi connectivity index (χ1n) is 6.11. The summed E-state index contributed by atoms with van der Waals surface area (Å²) in [5.74, 6) is -0.785. The fourth-order valence-corrected chi connectivity index (χ4v) is 2.42. The molecule has 1 aromatic carbocycles. The van der Waals surface area contributed by atoms with Crippen LogP contribution < -0.4 is 0 Å². The maximum absolute atomic E-state index is 14.1. The first-order valence-corrected chi connectivity index (χ1v) is 6.92. The molecule has 2 aromatic heterocycles. The molecule has 1 unspecified atom stereocenters. The highest BCUT2D eigenvalue weighted by molar-refractivity contribution is 6.31. The van der Waals surface area contributed by atoms with E-state index in [1.54, 1.807) is 13.0 Å². The topological polar surface area (TPSA) is 30.7 Å². The summed E-state index contributed by atoms with van der Waals surface area (Å²) in [4.78, 5) is 8.47. The average molecular weight is 328 g/mol. The molecule has 0 radical (unpaired) electrons. The largest absolute Gasteiger partial charge is 0.276 e. The number of benzene rings is 1. The quantitative estimate of drug-likeness (QED) is 0.641. The molecule has 0 amide bonds. The molecular formula is C14H9Cl2F2N3. The van der Waals surface area contributed by atoms with Crippen molar-refractivity contribution in [3.63, 3.8) is 0 Å². The number of rotatable bonds is 2. The SMILES string of the molecule is CC(Cl)c1nc2cc(Cl)cnc2n1-c1cc(F)ccc1F. The Hall–Kier alpha value is -1.72. The van der Waals surface area contributed by atoms with Gasteiger partial charge >= 0.3 is 0 Å². The maximum Gasteiger partial charge on any atom is 0.164 e. The Balaban J connectivity index is 2.39. The third-order valence-electron chi connectivity index (χ3n) is 2.99. The van der Waals surface area contributed by atoms with E-state index in [2.05, 4.69) is 9.97 Å². The minimum atomic E-state index is -0.592. The van der Waals surface area contributed by atoms with Crippen LogP contribution in [0.3, 0.4) is 0 Å². The zero-order chi connectivity index (χ0) is 15.1. The highest BCUT2D eigenvalue weighted by Gasteiger charge is 2.20. The first-order chi connectivity index (χ1) is 9.97. The second-order valence-electron chi connectivity index (χ2n) is 4.51. The molecule has 3 rings (SSSR count). The zero-order valence-electron chi connectivity index (χ0n) is 10.8. The van der Waals surface area contributed by atoms with Crippen molar-refractivity contribution in [1.29, 1.82) is 0 Å². The lowest BCUT2D eigenvalue weighted by Gasteiger charge is -2.11. The van der Waals surface area contributed by atoms with Gasteiger partial charge in [0.1, 0.15) is 23.0 Å². The van der Waals surface area contributed by atoms with Crippen molar-refractivity contribution < 1.29 is 8.78 Å². The van der Waals surface area contributed by atoms with E-state index >= 15 is 0 Å². The molecule has 0 spiro atoms. The molecule has 108 valence electrons. The fraction of sp³-hybridized carbons (Fsp3) is 0.143. The predicted octanol–water partition coefficient (Wildman–Crippen LogP) is 4.65. The van der Waals surface area contributed by atoms with E-state index in [-0.39, 0.29) is 5.69 Å². The van der Waals surface area contributed by atoms with Crippen LogP contribution in [-0.2, 0) is 0 Å². The molecule has 0 saturated carbocycles. The van der Waals surface area contributed by atoms with Crippen molar-refractivity contribution in [3.05, 3.63) is 52.9 Å². The Morgan fingerprint density at radius 3 is 2.71 bits per heavy atom. The molecule has 0 bridgehead atoms. The summed E-state index contributed by atoms with van der Waals surface area (Å²) in [5.41, 5.74) is 0.842. The summed E-state index contributed by atoms with van der Waals surface area (Å²) in [6.07, 6.45) is 1.42. The van der Waals surface area contributed by atoms with Gasteiger partial charge in [-0.1, -0.05) is 11.6 Å². The fourth-order valence-electron chi connectivity index (χ4n) is 2.12. The Bertz CT molecular complexity index is 830. The van der Waals surface area contributed by atoms with Crippen LogP contribution in [0, 0.1) is 11.6 Å². The van der Waals surface area contributed by atoms with E-state index in [4.69, 9.17) is 23.2 Å². The number of nitrogens with zero attached hydrogens (tertiary/aromatic N) is 3. The Morgan fingerprint density at radius 1 is 1.24 bits per heavy atom. The third kappa shape index (κ3) is 2.47. The number of hydrogen-bond donors (Lipinski definition) is 0. The second-order valence-corrected chi connectivity index (χ2v) is 5.60. The van der Waals surface area contributed by atoms with Crippen LogP contribution in [0.15, 0.2) is 30.5 Å². The molecule has 0 aliphatic carbocycles. The molecule has 0 aliphatic rings. The van der Waals surface area contributed by atoms with Crippen LogP contribution in [0.5, 0.6) is 0 Å². The van der Waals surface area contributed by atoms with Gasteiger partial charge in [0.2, 0.25) is 0 Å². The average Bonchev–Trinajstić information content (AvgIpc) is 2.80. The van der Waals surface area contributed by atoms with Crippen LogP contribution in [0.25, 0.3) is 16.9 Å². The molecule has 3 aromatic rings. The molecule has 0 aliphatic heterocycles. The predicted molar refractivity (Wildman–Crippen MR) is 78.1 cm³/mol. The Labute approximate surface area is 129 Å². The summed E-state index contributed by atoms with van der Waals surface area (Å²) in [7, 11) is 0. The molecular weight excluding hydrogens is 319 g/mol. The van der Waals surface area contributed by atoms with Crippen molar-refractivity contribution >= 4 is 34.4 Å². The van der Waals surface area contributed by atoms with E-state index in [1.165, 1.54) is 10.8 Å². The van der Waals surface area contributed by atoms with Gasteiger partial charge in [0, 0.05) is 12.3 Å². The third-order valence-corrected chi connectivity index (χ3v) is 3.40. The van der Waals surface area contributed by atoms with E-state index < -0.39 is 17.0 Å². The Morgan fingerprint density at radius 2 is 2.00 bits per heavy atom. The van der Waals surface area contributed by atoms with Gasteiger partial charge < -0.3 is 0 Å². The lowest BCUT2D eigenvalue weighted by atomic mass is 10.2. The Kier molecular flexibility index (Phi) is 3.55. The monoisotopic (exact) mass is 327 g/mol. The number of aromatic nitrogens is 3. The standard InChI is InChI=1S/C14H9Cl2F2N3/c1-7(15)13-20-11-4-8(16)6-19-14(11)21(13)12-5-9(17)2-3-10(12)18/h2-7H,1H3. The lowest BCUT2D eigenvalue weighted by molar-refractivity contribution is 0.591. The van der Waals surface area contributed by atoms with Gasteiger partial charge in [0.05, 0.1) is 16.1 Å². The minimum Gasteiger partial charge on any atom is -0.276 e. The van der Waals surface area contributed by atoms with Gasteiger partial charge in [0.15, 0.2) is 5.65 Å². The zero-order valence-corrected chi connectivity index (χ0v) is 12.3. The van der Waals surface area contributed by atoms with Gasteiger partial charge in [-0.05, 0) is 25.1 Å². The van der Waals surface area contributed by atoms with Crippen LogP contribution in [0.1, 0.15) is 18.1 Å². The van der Waals surface area contributed by atoms with Crippen LogP contribution in [-0.4, -0.2) is 14.5 Å². The van der Waals surface area contributed by atoms with Crippen molar-refractivity contribution in [2.75, 3.05) is 0 Å². The summed E-state index contributed by atoms with van der Waals surface area (Å²) in [6, 6.07) is 4.77. The summed E-state index contributed by atoms with van der Waals surface area (Å²) in [5, 5.41) is -0.110. The number of fused-ring (bicyclic) bond motifs is 1. The van der Waals surface area contributed by atoms with Crippen LogP contribution in [0.4, 0.5) is 8.78 Å². The smallest absolute Gasteiger partial charge is 0.164 e. The van der Waals surface area contributed by atoms with E-state index in [0.29, 0.717) is 22.0 Å². The number of pyridine rings is 1. The molecule has 1 atom stereocenters. The number of hydrogen-bond acceptors (Lipinski definition) is 2. The van der Waals surface area contributed by atoms with Gasteiger partial charge in [-0.15, -0.1) is 11.6 Å². The molecule has 7 heteroatoms. The molecule has 21 heavy (non-hydrogen) atoms. The van der Waals surface area contributed by atoms with Crippen molar-refractivity contribution in [1.82, 2.24) is 14.5 Å². The normalized spacial score (nSPS) is 12.8. The van der Waals surface area contributed by atoms with Gasteiger partial charge in [-0.3, -0.25) is 4.57 Å². The molecule has 0 saturated heterocycles. The van der Waals surface area contributed by atoms with E-state index in [9.17, 15) is 8.78 Å². The molecule has 3 nitrogen and oxygen atoms in total. The number of alkyl halides is 1. The van der Waals surface area contributed by atoms with E-state index in [0.717, 1.165) is 18.2 Å². The minimum absolute atomic E-state index is 0.00909. The van der Waals surface area contributed by atoms with Crippen LogP contribution in [0.2, 0.25) is 5.02 Å². The van der Waals surface area contributed by atoms with Crippen molar-refractivity contribution in [2.24, 2.45) is 0 Å². The number of halogens is 4. The highest BCUT2D eigenvalue weighted by Crippen LogP contribution is 2.29. The summed E-state index contributed by atoms with van der Waals surface area (Å²) < 4.78 is 28.9. The first kappa shape index (κ1) is 14.2. The number of imidazole rings is 1. The van der Waals surface area contributed by atoms with Gasteiger partial charge in [0.25, 0.3) is 0 Å². The lowest BCUT2D eigenvalue weighted by Crippen LogP contribution is -2.05. The van der Waals surface area contributed by atoms with Crippen LogP contribution >= 0.6 is 23.2 Å². The van der Waals surface area contributed by atoms with E-state index in [1.807, 2.05) is 0 Å². The maximum atomic E-state index is 14.1. The molecule has 0 fully saturated rings. The molecule has 2 heterocycles. The van der Waals surface area contributed by atoms with Gasteiger partial charge in [-0.25, -0.2) is 18.7 Å². The molecule has 0 N–H and O–H groups in total. The van der Waals surface area contributed by atoms with Gasteiger partial charge in [-0.2, -0.15) is 0 Å². The van der Waals surface area contributed by atoms with Crippen molar-refractivity contribution in [2.45, 2.75) is 12.3 Å². The highest BCUT2D eigenvalue weighted by atomic mass is 35.5. The summed E-state index contributed by atoms with van der Waals surface area (Å²) in [6.45, 7) is 1.69. The summed E-state index contributed by atoms with van der Waals surface area (Å²) >= 11 is 12.0.